The van der Waals surface area contributed by atoms with Crippen LogP contribution >= 0.6 is 11.3 Å². The Hall–Kier alpha value is -1.92. The first-order valence-electron chi connectivity index (χ1n) is 7.94. The number of thiazole rings is 1. The molecule has 1 atom stereocenters. The third-order valence-corrected chi connectivity index (χ3v) is 5.32. The molecule has 0 bridgehead atoms. The molecule has 5 nitrogen and oxygen atoms in total. The number of hydrogen-bond acceptors (Lipinski definition) is 5. The molecule has 0 aliphatic carbocycles. The molecule has 0 spiro atoms. The number of rotatable bonds is 2. The summed E-state index contributed by atoms with van der Waals surface area (Å²) < 4.78 is 5.64. The van der Waals surface area contributed by atoms with E-state index in [1.165, 1.54) is 11.3 Å². The number of amides is 1. The number of aryl methyl sites for hydroxylation is 1. The zero-order valence-electron chi connectivity index (χ0n) is 12.7. The van der Waals surface area contributed by atoms with Crippen molar-refractivity contribution >= 4 is 22.9 Å². The van der Waals surface area contributed by atoms with Gasteiger partial charge in [0, 0.05) is 18.5 Å². The van der Waals surface area contributed by atoms with E-state index in [-0.39, 0.29) is 17.8 Å². The van der Waals surface area contributed by atoms with Crippen LogP contribution in [0.3, 0.4) is 0 Å². The summed E-state index contributed by atoms with van der Waals surface area (Å²) in [7, 11) is 0. The molecular weight excluding hydrogens is 312 g/mol. The van der Waals surface area contributed by atoms with Crippen molar-refractivity contribution in [2.75, 3.05) is 18.1 Å². The molecule has 1 fully saturated rings. The quantitative estimate of drug-likeness (QED) is 0.918. The van der Waals surface area contributed by atoms with E-state index in [0.717, 1.165) is 42.9 Å². The summed E-state index contributed by atoms with van der Waals surface area (Å²) in [6, 6.07) is 5.41. The predicted octanol–water partition coefficient (Wildman–Crippen LogP) is 3.29. The molecule has 1 aromatic carbocycles. The van der Waals surface area contributed by atoms with Crippen molar-refractivity contribution in [2.45, 2.75) is 31.8 Å². The molecule has 1 amide bonds. The Labute approximate surface area is 138 Å². The second kappa shape index (κ2) is 5.94. The number of hydrogen-bond donors (Lipinski definition) is 1. The lowest BCUT2D eigenvalue weighted by Gasteiger charge is -2.29. The minimum absolute atomic E-state index is 0.0311. The number of nitrogens with zero attached hydrogens (tertiary/aromatic N) is 2. The van der Waals surface area contributed by atoms with Gasteiger partial charge in [-0.25, -0.2) is 4.98 Å². The average Bonchev–Trinajstić information content (AvgIpc) is 3.25. The number of fused-ring (bicyclic) bond motifs is 1. The first kappa shape index (κ1) is 14.7. The summed E-state index contributed by atoms with van der Waals surface area (Å²) in [6.07, 6.45) is 3.81. The van der Waals surface area contributed by atoms with Crippen molar-refractivity contribution < 1.29 is 14.6 Å². The highest BCUT2D eigenvalue weighted by molar-refractivity contribution is 7.09. The number of phenolic OH excluding ortho intramolecular Hbond substituents is 1. The van der Waals surface area contributed by atoms with E-state index in [0.29, 0.717) is 17.9 Å². The molecule has 2 aromatic rings. The Bertz CT molecular complexity index is 737. The lowest BCUT2D eigenvalue weighted by molar-refractivity contribution is 0.0976. The second-order valence-electron chi connectivity index (χ2n) is 5.92. The van der Waals surface area contributed by atoms with Crippen molar-refractivity contribution in [1.82, 2.24) is 4.98 Å². The molecule has 23 heavy (non-hydrogen) atoms. The number of para-hydroxylation sites is 1. The molecule has 2 aliphatic heterocycles. The number of aromatic nitrogens is 1. The molecule has 4 rings (SSSR count). The van der Waals surface area contributed by atoms with Crippen LogP contribution in [-0.4, -0.2) is 29.1 Å². The first-order chi connectivity index (χ1) is 11.2. The molecular formula is C17H18N2O3S. The normalized spacial score (nSPS) is 20.5. The largest absolute Gasteiger partial charge is 0.506 e. The smallest absolute Gasteiger partial charge is 0.277 e. The predicted molar refractivity (Wildman–Crippen MR) is 88.1 cm³/mol. The lowest BCUT2D eigenvalue weighted by Crippen LogP contribution is -2.35. The van der Waals surface area contributed by atoms with Crippen LogP contribution in [0.25, 0.3) is 0 Å². The minimum atomic E-state index is -0.145. The maximum absolute atomic E-state index is 12.9. The summed E-state index contributed by atoms with van der Waals surface area (Å²) >= 11 is 1.48. The minimum Gasteiger partial charge on any atom is -0.506 e. The maximum atomic E-state index is 12.9. The number of carbonyl (C=O) groups excluding carboxylic acids is 1. The SMILES string of the molecule is O=C(c1csc([C@@H]2CCCO2)n1)N1CCCc2cccc(O)c21. The third-order valence-electron chi connectivity index (χ3n) is 4.39. The van der Waals surface area contributed by atoms with Gasteiger partial charge in [0.25, 0.3) is 5.91 Å². The van der Waals surface area contributed by atoms with Gasteiger partial charge in [0.05, 0.1) is 5.69 Å². The Kier molecular flexibility index (Phi) is 3.79. The van der Waals surface area contributed by atoms with Gasteiger partial charge in [0.2, 0.25) is 0 Å². The molecule has 0 unspecified atom stereocenters. The van der Waals surface area contributed by atoms with E-state index in [1.54, 1.807) is 16.3 Å². The van der Waals surface area contributed by atoms with Crippen LogP contribution in [0.1, 0.15) is 46.4 Å². The molecule has 120 valence electrons. The number of aromatic hydroxyl groups is 1. The fraction of sp³-hybridized carbons (Fsp3) is 0.412. The summed E-state index contributed by atoms with van der Waals surface area (Å²) in [6.45, 7) is 1.37. The van der Waals surface area contributed by atoms with Crippen LogP contribution in [-0.2, 0) is 11.2 Å². The van der Waals surface area contributed by atoms with E-state index < -0.39 is 0 Å². The van der Waals surface area contributed by atoms with Crippen molar-refractivity contribution in [3.63, 3.8) is 0 Å². The van der Waals surface area contributed by atoms with Gasteiger partial charge < -0.3 is 14.7 Å². The fourth-order valence-electron chi connectivity index (χ4n) is 3.28. The number of ether oxygens (including phenoxy) is 1. The highest BCUT2D eigenvalue weighted by Crippen LogP contribution is 2.37. The topological polar surface area (TPSA) is 62.7 Å². The van der Waals surface area contributed by atoms with E-state index in [2.05, 4.69) is 4.98 Å². The number of benzene rings is 1. The fourth-order valence-corrected chi connectivity index (χ4v) is 4.15. The lowest BCUT2D eigenvalue weighted by atomic mass is 10.0. The van der Waals surface area contributed by atoms with Crippen molar-refractivity contribution in [2.24, 2.45) is 0 Å². The zero-order valence-corrected chi connectivity index (χ0v) is 13.5. The highest BCUT2D eigenvalue weighted by atomic mass is 32.1. The van der Waals surface area contributed by atoms with Crippen LogP contribution in [0.2, 0.25) is 0 Å². The standard InChI is InChI=1S/C17H18N2O3S/c20-13-6-1-4-11-5-2-8-19(15(11)13)17(21)12-10-23-16(18-12)14-7-3-9-22-14/h1,4,6,10,14,20H,2-3,5,7-9H2/t14-/m0/s1. The van der Waals surface area contributed by atoms with Gasteiger partial charge in [-0.15, -0.1) is 11.3 Å². The molecule has 2 aliphatic rings. The number of phenols is 1. The Balaban J connectivity index is 1.63. The molecule has 6 heteroatoms. The van der Waals surface area contributed by atoms with E-state index >= 15 is 0 Å². The number of carbonyl (C=O) groups is 1. The Morgan fingerprint density at radius 3 is 3.13 bits per heavy atom. The molecule has 3 heterocycles. The van der Waals surface area contributed by atoms with Gasteiger partial charge in [-0.05, 0) is 37.3 Å². The van der Waals surface area contributed by atoms with Gasteiger partial charge in [0.1, 0.15) is 22.6 Å². The van der Waals surface area contributed by atoms with Crippen LogP contribution in [0.5, 0.6) is 5.75 Å². The maximum Gasteiger partial charge on any atom is 0.277 e. The zero-order chi connectivity index (χ0) is 15.8. The average molecular weight is 330 g/mol. The summed E-state index contributed by atoms with van der Waals surface area (Å²) in [5.74, 6) is 0.0121. The van der Waals surface area contributed by atoms with Gasteiger partial charge in [-0.2, -0.15) is 0 Å². The first-order valence-corrected chi connectivity index (χ1v) is 8.82. The second-order valence-corrected chi connectivity index (χ2v) is 6.81. The van der Waals surface area contributed by atoms with Gasteiger partial charge in [-0.3, -0.25) is 4.79 Å². The van der Waals surface area contributed by atoms with E-state index in [1.807, 2.05) is 12.1 Å². The Morgan fingerprint density at radius 2 is 2.30 bits per heavy atom. The Morgan fingerprint density at radius 1 is 1.39 bits per heavy atom. The summed E-state index contributed by atoms with van der Waals surface area (Å²) in [5, 5.41) is 12.8. The van der Waals surface area contributed by atoms with Crippen LogP contribution in [0.4, 0.5) is 5.69 Å². The highest BCUT2D eigenvalue weighted by Gasteiger charge is 2.29. The van der Waals surface area contributed by atoms with Gasteiger partial charge in [0.15, 0.2) is 0 Å². The monoisotopic (exact) mass is 330 g/mol. The van der Waals surface area contributed by atoms with E-state index in [4.69, 9.17) is 4.74 Å². The number of anilines is 1. The van der Waals surface area contributed by atoms with Crippen LogP contribution < -0.4 is 4.90 Å². The molecule has 0 radical (unpaired) electrons. The molecule has 1 saturated heterocycles. The third kappa shape index (κ3) is 2.62. The summed E-state index contributed by atoms with van der Waals surface area (Å²) in [5.41, 5.74) is 2.09. The van der Waals surface area contributed by atoms with Crippen LogP contribution in [0, 0.1) is 0 Å². The summed E-state index contributed by atoms with van der Waals surface area (Å²) in [4.78, 5) is 19.0. The molecule has 0 saturated carbocycles. The van der Waals surface area contributed by atoms with E-state index in [9.17, 15) is 9.90 Å². The van der Waals surface area contributed by atoms with Crippen molar-refractivity contribution in [3.05, 3.63) is 39.8 Å². The molecule has 1 aromatic heterocycles. The van der Waals surface area contributed by atoms with Crippen molar-refractivity contribution in [3.8, 4) is 5.75 Å². The van der Waals surface area contributed by atoms with Gasteiger partial charge >= 0.3 is 0 Å². The van der Waals surface area contributed by atoms with Crippen LogP contribution in [0.15, 0.2) is 23.6 Å². The van der Waals surface area contributed by atoms with Crippen molar-refractivity contribution in [1.29, 1.82) is 0 Å². The van der Waals surface area contributed by atoms with Gasteiger partial charge in [-0.1, -0.05) is 12.1 Å². The molecule has 1 N–H and O–H groups in total.